The van der Waals surface area contributed by atoms with Gasteiger partial charge in [0.15, 0.2) is 0 Å². The van der Waals surface area contributed by atoms with Crippen LogP contribution < -0.4 is 5.32 Å². The summed E-state index contributed by atoms with van der Waals surface area (Å²) in [5.74, 6) is 0.275. The average Bonchev–Trinajstić information content (AvgIpc) is 3.11. The molecular weight excluding hydrogens is 370 g/mol. The number of hydrogen-bond acceptors (Lipinski definition) is 5. The summed E-state index contributed by atoms with van der Waals surface area (Å²) in [5, 5.41) is 11.5. The van der Waals surface area contributed by atoms with E-state index in [4.69, 9.17) is 16.0 Å². The van der Waals surface area contributed by atoms with E-state index in [1.54, 1.807) is 31.2 Å². The van der Waals surface area contributed by atoms with Crippen LogP contribution in [0, 0.1) is 0 Å². The van der Waals surface area contributed by atoms with E-state index in [1.165, 1.54) is 17.3 Å². The molecule has 1 atom stereocenters. The van der Waals surface area contributed by atoms with Gasteiger partial charge in [-0.3, -0.25) is 4.79 Å². The second kappa shape index (κ2) is 8.38. The van der Waals surface area contributed by atoms with Gasteiger partial charge in [-0.15, -0.1) is 10.2 Å². The summed E-state index contributed by atoms with van der Waals surface area (Å²) in [7, 11) is 0. The van der Waals surface area contributed by atoms with Gasteiger partial charge in [0, 0.05) is 16.3 Å². The van der Waals surface area contributed by atoms with Crippen molar-refractivity contribution in [3.05, 3.63) is 59.1 Å². The lowest BCUT2D eigenvalue weighted by Crippen LogP contribution is -2.22. The van der Waals surface area contributed by atoms with Crippen molar-refractivity contribution in [2.45, 2.75) is 30.7 Å². The second-order valence-electron chi connectivity index (χ2n) is 5.68. The zero-order valence-electron chi connectivity index (χ0n) is 14.4. The molecule has 0 unspecified atom stereocenters. The summed E-state index contributed by atoms with van der Waals surface area (Å²) in [4.78, 5) is 12.3. The van der Waals surface area contributed by atoms with Gasteiger partial charge in [-0.2, -0.15) is 0 Å². The third-order valence-corrected chi connectivity index (χ3v) is 4.96. The molecule has 7 heteroatoms. The minimum Gasteiger partial charge on any atom is -0.411 e. The second-order valence-corrected chi connectivity index (χ2v) is 7.41. The number of hydrogen-bond donors (Lipinski definition) is 1. The van der Waals surface area contributed by atoms with Gasteiger partial charge in [0.05, 0.1) is 5.25 Å². The Labute approximate surface area is 161 Å². The van der Waals surface area contributed by atoms with Crippen molar-refractivity contribution < 1.29 is 9.21 Å². The molecule has 0 spiro atoms. The van der Waals surface area contributed by atoms with Crippen molar-refractivity contribution >= 4 is 35.0 Å². The number of carbonyl (C=O) groups is 1. The third-order valence-electron chi connectivity index (χ3n) is 3.77. The highest BCUT2D eigenvalue weighted by Gasteiger charge is 2.19. The maximum Gasteiger partial charge on any atom is 0.277 e. The normalized spacial score (nSPS) is 12.0. The minimum atomic E-state index is -0.376. The summed E-state index contributed by atoms with van der Waals surface area (Å²) in [5.41, 5.74) is 2.78. The van der Waals surface area contributed by atoms with Crippen LogP contribution in [0.2, 0.25) is 5.02 Å². The van der Waals surface area contributed by atoms with Gasteiger partial charge in [-0.1, -0.05) is 42.4 Å². The quantitative estimate of drug-likeness (QED) is 0.598. The molecule has 3 rings (SSSR count). The van der Waals surface area contributed by atoms with Crippen LogP contribution in [-0.2, 0) is 11.2 Å². The van der Waals surface area contributed by atoms with Gasteiger partial charge in [0.2, 0.25) is 11.8 Å². The fourth-order valence-electron chi connectivity index (χ4n) is 2.24. The lowest BCUT2D eigenvalue weighted by molar-refractivity contribution is -0.115. The van der Waals surface area contributed by atoms with E-state index in [1.807, 2.05) is 24.3 Å². The Morgan fingerprint density at radius 3 is 2.50 bits per heavy atom. The van der Waals surface area contributed by atoms with Crippen LogP contribution >= 0.6 is 23.4 Å². The van der Waals surface area contributed by atoms with Crippen LogP contribution in [0.3, 0.4) is 0 Å². The lowest BCUT2D eigenvalue weighted by Gasteiger charge is -2.10. The first-order chi connectivity index (χ1) is 12.5. The molecule has 0 saturated carbocycles. The molecule has 1 aromatic heterocycles. The Balaban J connectivity index is 1.61. The molecule has 2 aromatic carbocycles. The summed E-state index contributed by atoms with van der Waals surface area (Å²) in [6.45, 7) is 3.89. The SMILES string of the molecule is CCc1ccc(NC(=O)[C@@H](C)Sc2nnc(-c3ccc(Cl)cc3)o2)cc1. The molecule has 0 fully saturated rings. The summed E-state index contributed by atoms with van der Waals surface area (Å²) in [6, 6.07) is 14.9. The molecule has 0 aliphatic carbocycles. The van der Waals surface area contributed by atoms with E-state index in [-0.39, 0.29) is 11.2 Å². The van der Waals surface area contributed by atoms with Gasteiger partial charge in [-0.25, -0.2) is 0 Å². The molecule has 0 saturated heterocycles. The number of anilines is 1. The number of thioether (sulfide) groups is 1. The van der Waals surface area contributed by atoms with Crippen molar-refractivity contribution in [2.75, 3.05) is 5.32 Å². The van der Waals surface area contributed by atoms with Crippen LogP contribution in [-0.4, -0.2) is 21.4 Å². The highest BCUT2D eigenvalue weighted by molar-refractivity contribution is 8.00. The smallest absolute Gasteiger partial charge is 0.277 e. The van der Waals surface area contributed by atoms with E-state index in [9.17, 15) is 4.79 Å². The van der Waals surface area contributed by atoms with Crippen LogP contribution in [0.25, 0.3) is 11.5 Å². The number of amides is 1. The number of halogens is 1. The zero-order valence-corrected chi connectivity index (χ0v) is 16.0. The van der Waals surface area contributed by atoms with Crippen LogP contribution in [0.5, 0.6) is 0 Å². The number of aromatic nitrogens is 2. The monoisotopic (exact) mass is 387 g/mol. The first kappa shape index (κ1) is 18.5. The molecule has 0 aliphatic rings. The number of nitrogens with one attached hydrogen (secondary N) is 1. The molecule has 1 N–H and O–H groups in total. The Morgan fingerprint density at radius 1 is 1.15 bits per heavy atom. The Bertz CT molecular complexity index is 879. The van der Waals surface area contributed by atoms with Crippen molar-refractivity contribution in [2.24, 2.45) is 0 Å². The fourth-order valence-corrected chi connectivity index (χ4v) is 3.05. The molecule has 3 aromatic rings. The zero-order chi connectivity index (χ0) is 18.5. The Morgan fingerprint density at radius 2 is 1.85 bits per heavy atom. The number of carbonyl (C=O) groups excluding carboxylic acids is 1. The number of aryl methyl sites for hydroxylation is 1. The number of rotatable bonds is 6. The Kier molecular flexibility index (Phi) is 5.96. The number of nitrogens with zero attached hydrogens (tertiary/aromatic N) is 2. The first-order valence-electron chi connectivity index (χ1n) is 8.21. The topological polar surface area (TPSA) is 68.0 Å². The first-order valence-corrected chi connectivity index (χ1v) is 9.47. The minimum absolute atomic E-state index is 0.120. The largest absolute Gasteiger partial charge is 0.411 e. The standard InChI is InChI=1S/C19H18ClN3O2S/c1-3-13-4-10-16(11-5-13)21-17(24)12(2)26-19-23-22-18(25-19)14-6-8-15(20)9-7-14/h4-12H,3H2,1-2H3,(H,21,24)/t12-/m1/s1. The van der Waals surface area contributed by atoms with Gasteiger partial charge < -0.3 is 9.73 Å². The molecule has 0 radical (unpaired) electrons. The molecule has 5 nitrogen and oxygen atoms in total. The van der Waals surface area contributed by atoms with E-state index in [2.05, 4.69) is 22.4 Å². The predicted molar refractivity (Wildman–Crippen MR) is 105 cm³/mol. The molecule has 134 valence electrons. The third kappa shape index (κ3) is 4.65. The van der Waals surface area contributed by atoms with Crippen molar-refractivity contribution in [1.82, 2.24) is 10.2 Å². The van der Waals surface area contributed by atoms with E-state index < -0.39 is 0 Å². The highest BCUT2D eigenvalue weighted by atomic mass is 35.5. The fraction of sp³-hybridized carbons (Fsp3) is 0.211. The maximum absolute atomic E-state index is 12.3. The van der Waals surface area contributed by atoms with Crippen LogP contribution in [0.4, 0.5) is 5.69 Å². The summed E-state index contributed by atoms with van der Waals surface area (Å²) < 4.78 is 5.63. The van der Waals surface area contributed by atoms with E-state index in [0.717, 1.165) is 17.7 Å². The molecule has 1 heterocycles. The van der Waals surface area contributed by atoms with Gasteiger partial charge in [-0.05, 0) is 55.3 Å². The van der Waals surface area contributed by atoms with E-state index >= 15 is 0 Å². The van der Waals surface area contributed by atoms with Crippen LogP contribution in [0.15, 0.2) is 58.2 Å². The van der Waals surface area contributed by atoms with Crippen molar-refractivity contribution in [3.63, 3.8) is 0 Å². The highest BCUT2D eigenvalue weighted by Crippen LogP contribution is 2.27. The molecular formula is C19H18ClN3O2S. The number of benzene rings is 2. The van der Waals surface area contributed by atoms with Gasteiger partial charge in [0.1, 0.15) is 0 Å². The van der Waals surface area contributed by atoms with Crippen molar-refractivity contribution in [1.29, 1.82) is 0 Å². The molecule has 0 bridgehead atoms. The molecule has 0 aliphatic heterocycles. The van der Waals surface area contributed by atoms with Gasteiger partial charge >= 0.3 is 0 Å². The average molecular weight is 388 g/mol. The molecule has 26 heavy (non-hydrogen) atoms. The van der Waals surface area contributed by atoms with E-state index in [0.29, 0.717) is 16.1 Å². The van der Waals surface area contributed by atoms with Crippen LogP contribution in [0.1, 0.15) is 19.4 Å². The summed E-state index contributed by atoms with van der Waals surface area (Å²) in [6.07, 6.45) is 0.966. The van der Waals surface area contributed by atoms with Gasteiger partial charge in [0.25, 0.3) is 5.22 Å². The maximum atomic E-state index is 12.3. The lowest BCUT2D eigenvalue weighted by atomic mass is 10.1. The summed E-state index contributed by atoms with van der Waals surface area (Å²) >= 11 is 7.10. The Hall–Kier alpha value is -2.31. The molecule has 1 amide bonds. The van der Waals surface area contributed by atoms with Crippen molar-refractivity contribution in [3.8, 4) is 11.5 Å². The predicted octanol–water partition coefficient (Wildman–Crippen LogP) is 5.07.